The Hall–Kier alpha value is -1.14. The average molecular weight is 257 g/mol. The van der Waals surface area contributed by atoms with Gasteiger partial charge in [-0.3, -0.25) is 9.59 Å². The van der Waals surface area contributed by atoms with Gasteiger partial charge in [0, 0.05) is 19.5 Å². The van der Waals surface area contributed by atoms with Gasteiger partial charge in [0.25, 0.3) is 0 Å². The third kappa shape index (κ3) is 5.97. The highest BCUT2D eigenvalue weighted by molar-refractivity contribution is 5.82. The number of amides is 1. The first kappa shape index (κ1) is 14.9. The van der Waals surface area contributed by atoms with Crippen LogP contribution >= 0.6 is 0 Å². The van der Waals surface area contributed by atoms with Crippen molar-refractivity contribution < 1.29 is 14.7 Å². The minimum Gasteiger partial charge on any atom is -0.481 e. The molecule has 1 aliphatic rings. The van der Waals surface area contributed by atoms with E-state index in [-0.39, 0.29) is 18.7 Å². The number of nitrogens with two attached hydrogens (primary N) is 1. The predicted molar refractivity (Wildman–Crippen MR) is 68.1 cm³/mol. The number of carbonyl (C=O) groups excluding carboxylic acids is 1. The van der Waals surface area contributed by atoms with Crippen LogP contribution in [0.2, 0.25) is 0 Å². The van der Waals surface area contributed by atoms with E-state index in [1.165, 1.54) is 19.3 Å². The second kappa shape index (κ2) is 8.05. The van der Waals surface area contributed by atoms with Crippen molar-refractivity contribution in [3.05, 3.63) is 0 Å². The van der Waals surface area contributed by atoms with Crippen molar-refractivity contribution in [1.82, 2.24) is 10.2 Å². The van der Waals surface area contributed by atoms with Gasteiger partial charge in [0.05, 0.1) is 6.04 Å². The summed E-state index contributed by atoms with van der Waals surface area (Å²) < 4.78 is 0. The number of carboxylic acid groups (broad SMARTS) is 1. The van der Waals surface area contributed by atoms with Crippen molar-refractivity contribution in [3.63, 3.8) is 0 Å². The number of hydrogen-bond donors (Lipinski definition) is 3. The lowest BCUT2D eigenvalue weighted by Crippen LogP contribution is -2.44. The van der Waals surface area contributed by atoms with Crippen molar-refractivity contribution in [2.24, 2.45) is 5.73 Å². The molecule has 0 aromatic carbocycles. The molecule has 6 heteroatoms. The maximum Gasteiger partial charge on any atom is 0.303 e. The fourth-order valence-electron chi connectivity index (χ4n) is 2.06. The molecular formula is C12H23N3O3. The van der Waals surface area contributed by atoms with Gasteiger partial charge in [-0.1, -0.05) is 6.42 Å². The molecule has 1 fully saturated rings. The van der Waals surface area contributed by atoms with Crippen molar-refractivity contribution in [1.29, 1.82) is 0 Å². The van der Waals surface area contributed by atoms with E-state index in [0.29, 0.717) is 6.54 Å². The number of piperidine rings is 1. The number of nitrogens with one attached hydrogen (secondary N) is 1. The number of likely N-dealkylation sites (tertiary alicyclic amines) is 1. The highest BCUT2D eigenvalue weighted by atomic mass is 16.4. The number of rotatable bonds is 7. The predicted octanol–water partition coefficient (Wildman–Crippen LogP) is -0.219. The quantitative estimate of drug-likeness (QED) is 0.586. The van der Waals surface area contributed by atoms with E-state index in [1.54, 1.807) is 0 Å². The van der Waals surface area contributed by atoms with Crippen molar-refractivity contribution in [2.45, 2.75) is 38.1 Å². The lowest BCUT2D eigenvalue weighted by atomic mass is 10.1. The highest BCUT2D eigenvalue weighted by Gasteiger charge is 2.15. The molecule has 0 aromatic rings. The topological polar surface area (TPSA) is 95.7 Å². The molecule has 0 aromatic heterocycles. The van der Waals surface area contributed by atoms with Crippen LogP contribution in [0.5, 0.6) is 0 Å². The standard InChI is InChI=1S/C12H23N3O3/c13-10(4-5-11(16)17)12(18)14-6-9-15-7-2-1-3-8-15/h10H,1-9,13H2,(H,14,18)(H,16,17). The maximum atomic E-state index is 11.5. The molecular weight excluding hydrogens is 234 g/mol. The highest BCUT2D eigenvalue weighted by Crippen LogP contribution is 2.07. The van der Waals surface area contributed by atoms with Gasteiger partial charge in [-0.2, -0.15) is 0 Å². The van der Waals surface area contributed by atoms with Crippen molar-refractivity contribution >= 4 is 11.9 Å². The average Bonchev–Trinajstić information content (AvgIpc) is 2.37. The van der Waals surface area contributed by atoms with E-state index in [2.05, 4.69) is 10.2 Å². The van der Waals surface area contributed by atoms with Gasteiger partial charge in [-0.15, -0.1) is 0 Å². The Morgan fingerprint density at radius 2 is 1.94 bits per heavy atom. The van der Waals surface area contributed by atoms with Crippen LogP contribution in [0.3, 0.4) is 0 Å². The summed E-state index contributed by atoms with van der Waals surface area (Å²) in [6.45, 7) is 3.62. The molecule has 4 N–H and O–H groups in total. The summed E-state index contributed by atoms with van der Waals surface area (Å²) in [6.07, 6.45) is 3.87. The molecule has 1 amide bonds. The number of carboxylic acids is 1. The summed E-state index contributed by atoms with van der Waals surface area (Å²) in [6, 6.07) is -0.720. The van der Waals surface area contributed by atoms with Crippen LogP contribution in [-0.4, -0.2) is 54.1 Å². The molecule has 0 bridgehead atoms. The maximum absolute atomic E-state index is 11.5. The Balaban J connectivity index is 2.09. The third-order valence-electron chi connectivity index (χ3n) is 3.18. The first-order valence-corrected chi connectivity index (χ1v) is 6.57. The van der Waals surface area contributed by atoms with Crippen LogP contribution in [0.1, 0.15) is 32.1 Å². The number of aliphatic carboxylic acids is 1. The number of carbonyl (C=O) groups is 2. The normalized spacial score (nSPS) is 18.3. The van der Waals surface area contributed by atoms with Gasteiger partial charge < -0.3 is 21.1 Å². The first-order valence-electron chi connectivity index (χ1n) is 6.57. The van der Waals surface area contributed by atoms with E-state index < -0.39 is 12.0 Å². The summed E-state index contributed by atoms with van der Waals surface area (Å²) in [7, 11) is 0. The van der Waals surface area contributed by atoms with E-state index in [0.717, 1.165) is 19.6 Å². The monoisotopic (exact) mass is 257 g/mol. The lowest BCUT2D eigenvalue weighted by Gasteiger charge is -2.26. The molecule has 104 valence electrons. The summed E-state index contributed by atoms with van der Waals surface area (Å²) in [5, 5.41) is 11.3. The largest absolute Gasteiger partial charge is 0.481 e. The van der Waals surface area contributed by atoms with Crippen LogP contribution in [0.15, 0.2) is 0 Å². The fourth-order valence-corrected chi connectivity index (χ4v) is 2.06. The molecule has 0 aliphatic carbocycles. The molecule has 1 saturated heterocycles. The van der Waals surface area contributed by atoms with E-state index in [1.807, 2.05) is 0 Å². The molecule has 0 saturated carbocycles. The molecule has 1 aliphatic heterocycles. The SMILES string of the molecule is NC(CCC(=O)O)C(=O)NCCN1CCCCC1. The zero-order valence-electron chi connectivity index (χ0n) is 10.7. The molecule has 1 heterocycles. The molecule has 0 radical (unpaired) electrons. The van der Waals surface area contributed by atoms with E-state index in [4.69, 9.17) is 10.8 Å². The molecule has 1 unspecified atom stereocenters. The summed E-state index contributed by atoms with van der Waals surface area (Å²) >= 11 is 0. The zero-order valence-corrected chi connectivity index (χ0v) is 10.7. The van der Waals surface area contributed by atoms with Crippen LogP contribution in [0.4, 0.5) is 0 Å². The van der Waals surface area contributed by atoms with Crippen LogP contribution in [0, 0.1) is 0 Å². The Kier molecular flexibility index (Phi) is 6.67. The zero-order chi connectivity index (χ0) is 13.4. The van der Waals surface area contributed by atoms with E-state index in [9.17, 15) is 9.59 Å². The number of nitrogens with zero attached hydrogens (tertiary/aromatic N) is 1. The molecule has 1 atom stereocenters. The van der Waals surface area contributed by atoms with Crippen LogP contribution < -0.4 is 11.1 Å². The van der Waals surface area contributed by atoms with Gasteiger partial charge >= 0.3 is 5.97 Å². The van der Waals surface area contributed by atoms with E-state index >= 15 is 0 Å². The molecule has 0 spiro atoms. The molecule has 6 nitrogen and oxygen atoms in total. The van der Waals surface area contributed by atoms with Crippen molar-refractivity contribution in [2.75, 3.05) is 26.2 Å². The second-order valence-electron chi connectivity index (χ2n) is 4.73. The van der Waals surface area contributed by atoms with Crippen molar-refractivity contribution in [3.8, 4) is 0 Å². The van der Waals surface area contributed by atoms with Gasteiger partial charge in [0.15, 0.2) is 0 Å². The van der Waals surface area contributed by atoms with Gasteiger partial charge in [-0.05, 0) is 32.4 Å². The van der Waals surface area contributed by atoms with Gasteiger partial charge in [0.2, 0.25) is 5.91 Å². The lowest BCUT2D eigenvalue weighted by molar-refractivity contribution is -0.137. The Morgan fingerprint density at radius 1 is 1.28 bits per heavy atom. The Morgan fingerprint density at radius 3 is 2.56 bits per heavy atom. The summed E-state index contributed by atoms with van der Waals surface area (Å²) in [5.41, 5.74) is 5.60. The molecule has 18 heavy (non-hydrogen) atoms. The Bertz CT molecular complexity index is 278. The van der Waals surface area contributed by atoms with Gasteiger partial charge in [0.1, 0.15) is 0 Å². The Labute approximate surface area is 108 Å². The first-order chi connectivity index (χ1) is 8.59. The minimum absolute atomic E-state index is 0.0687. The van der Waals surface area contributed by atoms with Gasteiger partial charge in [-0.25, -0.2) is 0 Å². The van der Waals surface area contributed by atoms with Crippen LogP contribution in [0.25, 0.3) is 0 Å². The smallest absolute Gasteiger partial charge is 0.303 e. The minimum atomic E-state index is -0.924. The second-order valence-corrected chi connectivity index (χ2v) is 4.73. The summed E-state index contributed by atoms with van der Waals surface area (Å²) in [5.74, 6) is -1.18. The molecule has 1 rings (SSSR count). The third-order valence-corrected chi connectivity index (χ3v) is 3.18. The number of hydrogen-bond acceptors (Lipinski definition) is 4. The van der Waals surface area contributed by atoms with Crippen LogP contribution in [-0.2, 0) is 9.59 Å². The fraction of sp³-hybridized carbons (Fsp3) is 0.833. The summed E-state index contributed by atoms with van der Waals surface area (Å²) in [4.78, 5) is 24.2.